The molecule has 0 spiro atoms. The van der Waals surface area contributed by atoms with Crippen molar-refractivity contribution < 1.29 is 9.47 Å². The number of nitrogens with one attached hydrogen (secondary N) is 1. The van der Waals surface area contributed by atoms with E-state index in [-0.39, 0.29) is 0 Å². The predicted octanol–water partition coefficient (Wildman–Crippen LogP) is 4.81. The third-order valence-electron chi connectivity index (χ3n) is 3.38. The number of hydrogen-bond acceptors (Lipinski definition) is 4. The first kappa shape index (κ1) is 18.2. The van der Waals surface area contributed by atoms with Crippen LogP contribution in [0.4, 0.5) is 5.82 Å². The van der Waals surface area contributed by atoms with Crippen LogP contribution in [0.15, 0.2) is 41.0 Å². The summed E-state index contributed by atoms with van der Waals surface area (Å²) in [6.45, 7) is 5.07. The topological polar surface area (TPSA) is 43.4 Å². The molecule has 23 heavy (non-hydrogen) atoms. The zero-order valence-corrected chi connectivity index (χ0v) is 15.7. The Morgan fingerprint density at radius 3 is 2.26 bits per heavy atom. The first-order valence-corrected chi connectivity index (χ1v) is 8.70. The molecule has 4 nitrogen and oxygen atoms in total. The van der Waals surface area contributed by atoms with Gasteiger partial charge in [0.1, 0.15) is 5.82 Å². The van der Waals surface area contributed by atoms with E-state index in [4.69, 9.17) is 21.1 Å². The largest absolute Gasteiger partial charge is 0.372 e. The number of ether oxygens (including phenoxy) is 2. The van der Waals surface area contributed by atoms with Gasteiger partial charge in [0.25, 0.3) is 0 Å². The van der Waals surface area contributed by atoms with Crippen molar-refractivity contribution in [2.24, 2.45) is 0 Å². The molecule has 1 aliphatic heterocycles. The van der Waals surface area contributed by atoms with Crippen LogP contribution in [-0.2, 0) is 15.3 Å². The molecule has 1 aromatic heterocycles. The minimum atomic E-state index is -0.924. The van der Waals surface area contributed by atoms with E-state index in [1.165, 1.54) is 0 Å². The average molecular weight is 400 g/mol. The SMILES string of the molecule is CC.CNc1ncc(C2(c3ccc(Cl)cc3)OCCO2)cc1Br. The van der Waals surface area contributed by atoms with Crippen LogP contribution in [0.5, 0.6) is 0 Å². The number of pyridine rings is 1. The molecule has 6 heteroatoms. The van der Waals surface area contributed by atoms with Gasteiger partial charge < -0.3 is 14.8 Å². The molecular weight excluding hydrogens is 380 g/mol. The van der Waals surface area contributed by atoms with E-state index < -0.39 is 5.79 Å². The lowest BCUT2D eigenvalue weighted by Gasteiger charge is -2.28. The molecular formula is C17H20BrClN2O2. The van der Waals surface area contributed by atoms with E-state index in [0.29, 0.717) is 18.2 Å². The van der Waals surface area contributed by atoms with Gasteiger partial charge in [0.05, 0.1) is 17.7 Å². The highest BCUT2D eigenvalue weighted by atomic mass is 79.9. The summed E-state index contributed by atoms with van der Waals surface area (Å²) in [6, 6.07) is 9.43. The van der Waals surface area contributed by atoms with Gasteiger partial charge >= 0.3 is 0 Å². The zero-order valence-electron chi connectivity index (χ0n) is 13.4. The van der Waals surface area contributed by atoms with Crippen molar-refractivity contribution in [3.8, 4) is 0 Å². The lowest BCUT2D eigenvalue weighted by Crippen LogP contribution is -2.29. The maximum Gasteiger partial charge on any atom is 0.224 e. The van der Waals surface area contributed by atoms with Crippen molar-refractivity contribution in [3.05, 3.63) is 57.2 Å². The standard InChI is InChI=1S/C15H14BrClN2O2.C2H6/c1-18-14-13(16)8-11(9-19-14)15(20-6-7-21-15)10-2-4-12(17)5-3-10;1-2/h2-5,8-9H,6-7H2,1H3,(H,18,19);1-2H3. The Bertz CT molecular complexity index is 644. The van der Waals surface area contributed by atoms with E-state index >= 15 is 0 Å². The Morgan fingerprint density at radius 2 is 1.74 bits per heavy atom. The predicted molar refractivity (Wildman–Crippen MR) is 97.0 cm³/mol. The molecule has 0 atom stereocenters. The summed E-state index contributed by atoms with van der Waals surface area (Å²) in [6.07, 6.45) is 1.76. The van der Waals surface area contributed by atoms with Gasteiger partial charge in [-0.05, 0) is 34.1 Å². The lowest BCUT2D eigenvalue weighted by atomic mass is 9.98. The van der Waals surface area contributed by atoms with Gasteiger partial charge in [-0.25, -0.2) is 4.98 Å². The maximum atomic E-state index is 5.96. The van der Waals surface area contributed by atoms with Crippen LogP contribution in [0.3, 0.4) is 0 Å². The summed E-state index contributed by atoms with van der Waals surface area (Å²) in [7, 11) is 1.82. The molecule has 1 aromatic carbocycles. The van der Waals surface area contributed by atoms with Crippen LogP contribution in [0, 0.1) is 0 Å². The highest BCUT2D eigenvalue weighted by molar-refractivity contribution is 9.10. The molecule has 1 N–H and O–H groups in total. The van der Waals surface area contributed by atoms with Gasteiger partial charge in [-0.2, -0.15) is 0 Å². The summed E-state index contributed by atoms with van der Waals surface area (Å²) in [4.78, 5) is 4.39. The van der Waals surface area contributed by atoms with Gasteiger partial charge in [0.15, 0.2) is 0 Å². The second kappa shape index (κ2) is 8.11. The number of nitrogens with zero attached hydrogens (tertiary/aromatic N) is 1. The summed E-state index contributed by atoms with van der Waals surface area (Å²) < 4.78 is 12.7. The van der Waals surface area contributed by atoms with E-state index in [1.54, 1.807) is 6.20 Å². The van der Waals surface area contributed by atoms with Gasteiger partial charge in [-0.3, -0.25) is 0 Å². The van der Waals surface area contributed by atoms with E-state index in [0.717, 1.165) is 21.4 Å². The Hall–Kier alpha value is -1.14. The molecule has 1 saturated heterocycles. The highest BCUT2D eigenvalue weighted by Gasteiger charge is 2.41. The Balaban J connectivity index is 0.000000924. The second-order valence-corrected chi connectivity index (χ2v) is 5.92. The summed E-state index contributed by atoms with van der Waals surface area (Å²) >= 11 is 9.47. The van der Waals surface area contributed by atoms with Crippen molar-refractivity contribution in [2.75, 3.05) is 25.6 Å². The van der Waals surface area contributed by atoms with Gasteiger partial charge in [-0.1, -0.05) is 37.6 Å². The van der Waals surface area contributed by atoms with Crippen LogP contribution >= 0.6 is 27.5 Å². The second-order valence-electron chi connectivity index (χ2n) is 4.62. The molecule has 0 saturated carbocycles. The van der Waals surface area contributed by atoms with Gasteiger partial charge in [0, 0.05) is 29.4 Å². The van der Waals surface area contributed by atoms with E-state index in [1.807, 2.05) is 51.2 Å². The smallest absolute Gasteiger partial charge is 0.224 e. The molecule has 3 rings (SSSR count). The van der Waals surface area contributed by atoms with Crippen LogP contribution in [-0.4, -0.2) is 25.2 Å². The minimum Gasteiger partial charge on any atom is -0.372 e. The quantitative estimate of drug-likeness (QED) is 0.804. The normalized spacial score (nSPS) is 15.7. The highest BCUT2D eigenvalue weighted by Crippen LogP contribution is 2.40. The van der Waals surface area contributed by atoms with Crippen molar-refractivity contribution in [2.45, 2.75) is 19.6 Å². The first-order chi connectivity index (χ1) is 11.2. The Labute approximate surface area is 150 Å². The maximum absolute atomic E-state index is 5.96. The Morgan fingerprint density at radius 1 is 1.13 bits per heavy atom. The van der Waals surface area contributed by atoms with E-state index in [9.17, 15) is 0 Å². The number of halogens is 2. The van der Waals surface area contributed by atoms with Gasteiger partial charge in [-0.15, -0.1) is 0 Å². The molecule has 0 aliphatic carbocycles. The third kappa shape index (κ3) is 3.69. The average Bonchev–Trinajstić information content (AvgIpc) is 3.08. The fourth-order valence-electron chi connectivity index (χ4n) is 2.38. The molecule has 124 valence electrons. The van der Waals surface area contributed by atoms with Crippen LogP contribution in [0.2, 0.25) is 5.02 Å². The van der Waals surface area contributed by atoms with Crippen molar-refractivity contribution in [1.29, 1.82) is 0 Å². The molecule has 1 fully saturated rings. The van der Waals surface area contributed by atoms with E-state index in [2.05, 4.69) is 26.2 Å². The Kier molecular flexibility index (Phi) is 6.41. The van der Waals surface area contributed by atoms with Gasteiger partial charge in [0.2, 0.25) is 5.79 Å². The summed E-state index contributed by atoms with van der Waals surface area (Å²) in [5, 5.41) is 3.69. The lowest BCUT2D eigenvalue weighted by molar-refractivity contribution is -0.130. The van der Waals surface area contributed by atoms with Crippen molar-refractivity contribution in [1.82, 2.24) is 4.98 Å². The summed E-state index contributed by atoms with van der Waals surface area (Å²) in [5.41, 5.74) is 1.74. The third-order valence-corrected chi connectivity index (χ3v) is 4.23. The molecule has 1 aliphatic rings. The number of hydrogen-bond donors (Lipinski definition) is 1. The fourth-order valence-corrected chi connectivity index (χ4v) is 3.06. The molecule has 0 radical (unpaired) electrons. The molecule has 2 heterocycles. The fraction of sp³-hybridized carbons (Fsp3) is 0.353. The number of benzene rings is 1. The molecule has 0 amide bonds. The molecule has 0 bridgehead atoms. The first-order valence-electron chi connectivity index (χ1n) is 7.53. The zero-order chi connectivity index (χ0) is 16.9. The van der Waals surface area contributed by atoms with Crippen LogP contribution in [0.1, 0.15) is 25.0 Å². The van der Waals surface area contributed by atoms with Crippen molar-refractivity contribution >= 4 is 33.3 Å². The van der Waals surface area contributed by atoms with Crippen LogP contribution < -0.4 is 5.32 Å². The number of rotatable bonds is 3. The summed E-state index contributed by atoms with van der Waals surface area (Å²) in [5.74, 6) is -0.158. The minimum absolute atomic E-state index is 0.536. The number of aromatic nitrogens is 1. The monoisotopic (exact) mass is 398 g/mol. The number of anilines is 1. The van der Waals surface area contributed by atoms with Crippen LogP contribution in [0.25, 0.3) is 0 Å². The molecule has 0 unspecified atom stereocenters. The molecule has 2 aromatic rings. The van der Waals surface area contributed by atoms with Crippen molar-refractivity contribution in [3.63, 3.8) is 0 Å².